The Morgan fingerprint density at radius 2 is 1.74 bits per heavy atom. The first-order valence-corrected chi connectivity index (χ1v) is 9.07. The molecule has 0 saturated carbocycles. The number of aromatic nitrogens is 2. The van der Waals surface area contributed by atoms with Gasteiger partial charge in [-0.05, 0) is 20.8 Å². The molecule has 2 heterocycles. The molecule has 1 aromatic carbocycles. The molecule has 1 N–H and O–H groups in total. The van der Waals surface area contributed by atoms with Crippen molar-refractivity contribution >= 4 is 18.1 Å². The van der Waals surface area contributed by atoms with Crippen LogP contribution in [0.15, 0.2) is 36.4 Å². The summed E-state index contributed by atoms with van der Waals surface area (Å²) in [5.41, 5.74) is 0.840. The van der Waals surface area contributed by atoms with E-state index >= 15 is 0 Å². The molecular formula is C20H25N5O2. The van der Waals surface area contributed by atoms with Crippen LogP contribution in [-0.2, 0) is 4.79 Å². The number of piperazine rings is 1. The van der Waals surface area contributed by atoms with Crippen molar-refractivity contribution in [3.05, 3.63) is 42.1 Å². The average Bonchev–Trinajstić information content (AvgIpc) is 2.67. The van der Waals surface area contributed by atoms with Crippen LogP contribution in [0, 0.1) is 0 Å². The van der Waals surface area contributed by atoms with Gasteiger partial charge in [0.15, 0.2) is 5.82 Å². The molecule has 0 unspecified atom stereocenters. The van der Waals surface area contributed by atoms with Crippen LogP contribution >= 0.6 is 0 Å². The van der Waals surface area contributed by atoms with Crippen LogP contribution in [0.2, 0.25) is 0 Å². The maximum Gasteiger partial charge on any atom is 0.270 e. The lowest BCUT2D eigenvalue weighted by Gasteiger charge is -2.33. The van der Waals surface area contributed by atoms with Gasteiger partial charge in [0.2, 0.25) is 6.41 Å². The molecule has 0 bridgehead atoms. The molecule has 1 fully saturated rings. The highest BCUT2D eigenvalue weighted by Gasteiger charge is 2.22. The number of nitrogens with zero attached hydrogens (tertiary/aromatic N) is 4. The van der Waals surface area contributed by atoms with Crippen molar-refractivity contribution in [2.45, 2.75) is 26.3 Å². The number of anilines is 1. The van der Waals surface area contributed by atoms with E-state index in [0.29, 0.717) is 43.5 Å². The number of nitrogens with one attached hydrogen (secondary N) is 1. The minimum absolute atomic E-state index is 0.227. The molecule has 1 aliphatic rings. The summed E-state index contributed by atoms with van der Waals surface area (Å²) in [4.78, 5) is 36.7. The highest BCUT2D eigenvalue weighted by Crippen LogP contribution is 2.21. The molecule has 0 aliphatic carbocycles. The number of carbonyl (C=O) groups excluding carboxylic acids is 2. The van der Waals surface area contributed by atoms with Crippen LogP contribution in [0.25, 0.3) is 11.4 Å². The third-order valence-electron chi connectivity index (χ3n) is 4.25. The first kappa shape index (κ1) is 18.8. The normalized spacial score (nSPS) is 14.8. The minimum Gasteiger partial charge on any atom is -0.353 e. The highest BCUT2D eigenvalue weighted by molar-refractivity contribution is 5.94. The van der Waals surface area contributed by atoms with Crippen molar-refractivity contribution in [2.24, 2.45) is 0 Å². The molecule has 0 atom stereocenters. The third kappa shape index (κ3) is 4.81. The van der Waals surface area contributed by atoms with Gasteiger partial charge in [-0.3, -0.25) is 9.59 Å². The Kier molecular flexibility index (Phi) is 5.39. The molecule has 7 nitrogen and oxygen atoms in total. The van der Waals surface area contributed by atoms with Crippen molar-refractivity contribution < 1.29 is 9.59 Å². The topological polar surface area (TPSA) is 78.4 Å². The lowest BCUT2D eigenvalue weighted by atomic mass is 10.1. The van der Waals surface area contributed by atoms with E-state index in [4.69, 9.17) is 0 Å². The maximum atomic E-state index is 12.7. The Labute approximate surface area is 159 Å². The molecule has 142 valence electrons. The van der Waals surface area contributed by atoms with Gasteiger partial charge in [-0.1, -0.05) is 30.3 Å². The van der Waals surface area contributed by atoms with Gasteiger partial charge in [-0.2, -0.15) is 0 Å². The lowest BCUT2D eigenvalue weighted by Crippen LogP contribution is -2.46. The van der Waals surface area contributed by atoms with E-state index in [9.17, 15) is 9.59 Å². The SMILES string of the molecule is CC(C)(C)NC(=O)c1cc(N2CCN(C=O)CC2)nc(-c2ccccc2)n1. The summed E-state index contributed by atoms with van der Waals surface area (Å²) in [6.45, 7) is 8.42. The predicted molar refractivity (Wildman–Crippen MR) is 105 cm³/mol. The molecule has 0 radical (unpaired) electrons. The fraction of sp³-hybridized carbons (Fsp3) is 0.400. The van der Waals surface area contributed by atoms with Gasteiger partial charge < -0.3 is 15.1 Å². The summed E-state index contributed by atoms with van der Waals surface area (Å²) >= 11 is 0. The minimum atomic E-state index is -0.356. The Bertz CT molecular complexity index is 809. The van der Waals surface area contributed by atoms with Crippen molar-refractivity contribution in [1.82, 2.24) is 20.2 Å². The second kappa shape index (κ2) is 7.73. The standard InChI is InChI=1S/C20H25N5O2/c1-20(2,3)23-19(27)16-13-17(25-11-9-24(14-26)10-12-25)22-18(21-16)15-7-5-4-6-8-15/h4-8,13-14H,9-12H2,1-3H3,(H,23,27). The first-order valence-electron chi connectivity index (χ1n) is 9.07. The highest BCUT2D eigenvalue weighted by atomic mass is 16.2. The Morgan fingerprint density at radius 3 is 2.33 bits per heavy atom. The lowest BCUT2D eigenvalue weighted by molar-refractivity contribution is -0.118. The molecule has 1 aliphatic heterocycles. The number of hydrogen-bond acceptors (Lipinski definition) is 5. The Balaban J connectivity index is 1.96. The van der Waals surface area contributed by atoms with E-state index in [1.54, 1.807) is 11.0 Å². The molecule has 1 aromatic heterocycles. The predicted octanol–water partition coefficient (Wildman–Crippen LogP) is 1.95. The van der Waals surface area contributed by atoms with Gasteiger partial charge >= 0.3 is 0 Å². The Hall–Kier alpha value is -2.96. The van der Waals surface area contributed by atoms with Crippen LogP contribution in [0.1, 0.15) is 31.3 Å². The van der Waals surface area contributed by atoms with Crippen molar-refractivity contribution in [3.63, 3.8) is 0 Å². The van der Waals surface area contributed by atoms with Crippen molar-refractivity contribution in [2.75, 3.05) is 31.1 Å². The van der Waals surface area contributed by atoms with Crippen LogP contribution in [0.4, 0.5) is 5.82 Å². The van der Waals surface area contributed by atoms with Crippen molar-refractivity contribution in [3.8, 4) is 11.4 Å². The van der Waals surface area contributed by atoms with Crippen LogP contribution in [0.5, 0.6) is 0 Å². The van der Waals surface area contributed by atoms with Crippen molar-refractivity contribution in [1.29, 1.82) is 0 Å². The Morgan fingerprint density at radius 1 is 1.07 bits per heavy atom. The molecule has 2 aromatic rings. The smallest absolute Gasteiger partial charge is 0.270 e. The van der Waals surface area contributed by atoms with Gasteiger partial charge in [-0.25, -0.2) is 9.97 Å². The van der Waals surface area contributed by atoms with Gasteiger partial charge in [0.1, 0.15) is 11.5 Å². The summed E-state index contributed by atoms with van der Waals surface area (Å²) < 4.78 is 0. The largest absolute Gasteiger partial charge is 0.353 e. The molecule has 0 spiro atoms. The molecule has 3 rings (SSSR count). The fourth-order valence-electron chi connectivity index (χ4n) is 2.89. The van der Waals surface area contributed by atoms with Gasteiger partial charge in [0.25, 0.3) is 5.91 Å². The summed E-state index contributed by atoms with van der Waals surface area (Å²) in [6.07, 6.45) is 0.870. The van der Waals surface area contributed by atoms with E-state index in [2.05, 4.69) is 20.2 Å². The number of amides is 2. The second-order valence-electron chi connectivity index (χ2n) is 7.63. The molecule has 7 heteroatoms. The number of hydrogen-bond donors (Lipinski definition) is 1. The van der Waals surface area contributed by atoms with E-state index < -0.39 is 0 Å². The van der Waals surface area contributed by atoms with E-state index in [0.717, 1.165) is 12.0 Å². The molecular weight excluding hydrogens is 342 g/mol. The summed E-state index contributed by atoms with van der Waals surface area (Å²) in [5.74, 6) is 0.994. The van der Waals surface area contributed by atoms with E-state index in [1.165, 1.54) is 0 Å². The molecule has 1 saturated heterocycles. The maximum absolute atomic E-state index is 12.7. The first-order chi connectivity index (χ1) is 12.9. The number of carbonyl (C=O) groups is 2. The zero-order valence-electron chi connectivity index (χ0n) is 16.0. The summed E-state index contributed by atoms with van der Waals surface area (Å²) in [7, 11) is 0. The molecule has 27 heavy (non-hydrogen) atoms. The van der Waals surface area contributed by atoms with Gasteiger partial charge in [0, 0.05) is 43.3 Å². The monoisotopic (exact) mass is 367 g/mol. The zero-order chi connectivity index (χ0) is 19.4. The quantitative estimate of drug-likeness (QED) is 0.836. The van der Waals surface area contributed by atoms with Crippen LogP contribution in [0.3, 0.4) is 0 Å². The molecule has 2 amide bonds. The number of rotatable bonds is 4. The summed E-state index contributed by atoms with van der Waals surface area (Å²) in [6, 6.07) is 11.3. The van der Waals surface area contributed by atoms with E-state index in [1.807, 2.05) is 51.1 Å². The van der Waals surface area contributed by atoms with Gasteiger partial charge in [-0.15, -0.1) is 0 Å². The average molecular weight is 367 g/mol. The van der Waals surface area contributed by atoms with Crippen LogP contribution in [-0.4, -0.2) is 58.9 Å². The fourth-order valence-corrected chi connectivity index (χ4v) is 2.89. The van der Waals surface area contributed by atoms with Gasteiger partial charge in [0.05, 0.1) is 0 Å². The number of benzene rings is 1. The third-order valence-corrected chi connectivity index (χ3v) is 4.25. The van der Waals surface area contributed by atoms with E-state index in [-0.39, 0.29) is 11.4 Å². The summed E-state index contributed by atoms with van der Waals surface area (Å²) in [5, 5.41) is 2.96. The zero-order valence-corrected chi connectivity index (χ0v) is 16.0. The van der Waals surface area contributed by atoms with Crippen LogP contribution < -0.4 is 10.2 Å². The second-order valence-corrected chi connectivity index (χ2v) is 7.63.